The predicted octanol–water partition coefficient (Wildman–Crippen LogP) is 3.09. The molecule has 0 saturated heterocycles. The summed E-state index contributed by atoms with van der Waals surface area (Å²) in [5.74, 6) is -0.318. The van der Waals surface area contributed by atoms with Crippen molar-refractivity contribution in [3.63, 3.8) is 0 Å². The zero-order chi connectivity index (χ0) is 15.9. The molecule has 6 heteroatoms. The second kappa shape index (κ2) is 7.21. The molecule has 2 aromatic rings. The van der Waals surface area contributed by atoms with E-state index < -0.39 is 5.82 Å². The SMILES string of the molecule is CCOc1cc(/C=N/N=C/c2ccc(O)cc2F)ccc1O. The van der Waals surface area contributed by atoms with Gasteiger partial charge in [-0.05, 0) is 42.8 Å². The van der Waals surface area contributed by atoms with Gasteiger partial charge in [-0.25, -0.2) is 4.39 Å². The van der Waals surface area contributed by atoms with Gasteiger partial charge in [0.25, 0.3) is 0 Å². The third kappa shape index (κ3) is 4.05. The average molecular weight is 302 g/mol. The third-order valence-corrected chi connectivity index (χ3v) is 2.74. The van der Waals surface area contributed by atoms with Crippen molar-refractivity contribution in [3.05, 3.63) is 53.3 Å². The summed E-state index contributed by atoms with van der Waals surface area (Å²) < 4.78 is 18.7. The van der Waals surface area contributed by atoms with Crippen LogP contribution in [0.15, 0.2) is 46.6 Å². The van der Waals surface area contributed by atoms with Crippen molar-refractivity contribution in [2.75, 3.05) is 6.61 Å². The normalized spacial score (nSPS) is 11.4. The van der Waals surface area contributed by atoms with Crippen LogP contribution < -0.4 is 4.74 Å². The van der Waals surface area contributed by atoms with E-state index >= 15 is 0 Å². The monoisotopic (exact) mass is 302 g/mol. The van der Waals surface area contributed by atoms with Gasteiger partial charge in [0.05, 0.1) is 19.0 Å². The molecule has 114 valence electrons. The maximum atomic E-state index is 13.4. The minimum absolute atomic E-state index is 0.0497. The molecule has 2 rings (SSSR count). The van der Waals surface area contributed by atoms with Gasteiger partial charge in [0.1, 0.15) is 11.6 Å². The Kier molecular flexibility index (Phi) is 5.08. The summed E-state index contributed by atoms with van der Waals surface area (Å²) in [5.41, 5.74) is 0.903. The Bertz CT molecular complexity index is 715. The minimum Gasteiger partial charge on any atom is -0.508 e. The molecule has 0 amide bonds. The molecule has 0 aromatic heterocycles. The first-order valence-electron chi connectivity index (χ1n) is 6.61. The molecule has 0 aliphatic rings. The Morgan fingerprint density at radius 1 is 1.09 bits per heavy atom. The number of ether oxygens (including phenoxy) is 1. The van der Waals surface area contributed by atoms with E-state index in [1.54, 1.807) is 12.1 Å². The molecular formula is C16H15FN2O3. The van der Waals surface area contributed by atoms with Crippen LogP contribution in [0.1, 0.15) is 18.1 Å². The number of benzene rings is 2. The van der Waals surface area contributed by atoms with Gasteiger partial charge in [0.15, 0.2) is 11.5 Å². The van der Waals surface area contributed by atoms with E-state index in [2.05, 4.69) is 10.2 Å². The first kappa shape index (κ1) is 15.5. The Hall–Kier alpha value is -2.89. The van der Waals surface area contributed by atoms with Crippen molar-refractivity contribution in [3.8, 4) is 17.2 Å². The smallest absolute Gasteiger partial charge is 0.161 e. The molecule has 22 heavy (non-hydrogen) atoms. The van der Waals surface area contributed by atoms with Crippen LogP contribution in [0, 0.1) is 5.82 Å². The van der Waals surface area contributed by atoms with Crippen LogP contribution in [0.25, 0.3) is 0 Å². The molecule has 0 aliphatic heterocycles. The highest BCUT2D eigenvalue weighted by atomic mass is 19.1. The van der Waals surface area contributed by atoms with Crippen LogP contribution >= 0.6 is 0 Å². The van der Waals surface area contributed by atoms with E-state index in [4.69, 9.17) is 9.84 Å². The first-order chi connectivity index (χ1) is 10.6. The number of phenols is 2. The lowest BCUT2D eigenvalue weighted by Gasteiger charge is -2.05. The van der Waals surface area contributed by atoms with E-state index in [-0.39, 0.29) is 17.1 Å². The lowest BCUT2D eigenvalue weighted by Crippen LogP contribution is -1.93. The highest BCUT2D eigenvalue weighted by Crippen LogP contribution is 2.26. The van der Waals surface area contributed by atoms with E-state index in [1.165, 1.54) is 30.6 Å². The topological polar surface area (TPSA) is 74.4 Å². The maximum Gasteiger partial charge on any atom is 0.161 e. The predicted molar refractivity (Wildman–Crippen MR) is 82.5 cm³/mol. The first-order valence-corrected chi connectivity index (χ1v) is 6.61. The fourth-order valence-corrected chi connectivity index (χ4v) is 1.70. The van der Waals surface area contributed by atoms with Crippen molar-refractivity contribution in [2.45, 2.75) is 6.92 Å². The highest BCUT2D eigenvalue weighted by molar-refractivity contribution is 5.83. The Labute approximate surface area is 127 Å². The largest absolute Gasteiger partial charge is 0.508 e. The van der Waals surface area contributed by atoms with Crippen LogP contribution in [0.2, 0.25) is 0 Å². The van der Waals surface area contributed by atoms with Gasteiger partial charge in [-0.3, -0.25) is 0 Å². The van der Waals surface area contributed by atoms with Crippen LogP contribution in [0.5, 0.6) is 17.2 Å². The van der Waals surface area contributed by atoms with Crippen molar-refractivity contribution in [1.29, 1.82) is 0 Å². The molecule has 0 fully saturated rings. The third-order valence-electron chi connectivity index (χ3n) is 2.74. The molecule has 0 saturated carbocycles. The molecule has 0 heterocycles. The summed E-state index contributed by atoms with van der Waals surface area (Å²) in [5, 5.41) is 26.2. The zero-order valence-electron chi connectivity index (χ0n) is 11.9. The summed E-state index contributed by atoms with van der Waals surface area (Å²) in [6.07, 6.45) is 2.70. The molecule has 0 aliphatic carbocycles. The van der Waals surface area contributed by atoms with E-state index in [0.717, 1.165) is 6.07 Å². The van der Waals surface area contributed by atoms with Gasteiger partial charge in [0, 0.05) is 11.6 Å². The lowest BCUT2D eigenvalue weighted by molar-refractivity contribution is 0.318. The summed E-state index contributed by atoms with van der Waals surface area (Å²) >= 11 is 0. The van der Waals surface area contributed by atoms with Crippen LogP contribution in [-0.2, 0) is 0 Å². The Balaban J connectivity index is 2.09. The van der Waals surface area contributed by atoms with Gasteiger partial charge in [0.2, 0.25) is 0 Å². The van der Waals surface area contributed by atoms with Gasteiger partial charge in [-0.1, -0.05) is 0 Å². The zero-order valence-corrected chi connectivity index (χ0v) is 11.9. The molecule has 5 nitrogen and oxygen atoms in total. The van der Waals surface area contributed by atoms with Crippen LogP contribution in [0.3, 0.4) is 0 Å². The number of phenolic OH excluding ortho intramolecular Hbond substituents is 2. The molecule has 0 spiro atoms. The highest BCUT2D eigenvalue weighted by Gasteiger charge is 2.02. The average Bonchev–Trinajstić information content (AvgIpc) is 2.49. The van der Waals surface area contributed by atoms with Crippen molar-refractivity contribution in [2.24, 2.45) is 10.2 Å². The number of hydrogen-bond donors (Lipinski definition) is 2. The summed E-state index contributed by atoms with van der Waals surface area (Å²) in [4.78, 5) is 0. The Morgan fingerprint density at radius 2 is 1.86 bits per heavy atom. The van der Waals surface area contributed by atoms with E-state index in [0.29, 0.717) is 17.9 Å². The quantitative estimate of drug-likeness (QED) is 0.658. The summed E-state index contributed by atoms with van der Waals surface area (Å²) in [6, 6.07) is 8.53. The van der Waals surface area contributed by atoms with Crippen LogP contribution in [0.4, 0.5) is 4.39 Å². The molecule has 2 aromatic carbocycles. The molecular weight excluding hydrogens is 287 g/mol. The molecule has 2 N–H and O–H groups in total. The fraction of sp³-hybridized carbons (Fsp3) is 0.125. The standard InChI is InChI=1S/C16H15FN2O3/c1-2-22-16-7-11(3-6-15(16)21)9-18-19-10-12-4-5-13(20)8-14(12)17/h3-10,20-21H,2H2,1H3/b18-9+,19-10+. The number of rotatable bonds is 5. The maximum absolute atomic E-state index is 13.4. The van der Waals surface area contributed by atoms with Crippen molar-refractivity contribution >= 4 is 12.4 Å². The number of aromatic hydroxyl groups is 2. The van der Waals surface area contributed by atoms with Gasteiger partial charge < -0.3 is 14.9 Å². The molecule has 0 atom stereocenters. The molecule has 0 bridgehead atoms. The summed E-state index contributed by atoms with van der Waals surface area (Å²) in [6.45, 7) is 2.25. The van der Waals surface area contributed by atoms with Gasteiger partial charge in [-0.2, -0.15) is 10.2 Å². The summed E-state index contributed by atoms with van der Waals surface area (Å²) in [7, 11) is 0. The lowest BCUT2D eigenvalue weighted by atomic mass is 10.2. The van der Waals surface area contributed by atoms with E-state index in [1.807, 2.05) is 6.92 Å². The van der Waals surface area contributed by atoms with Crippen molar-refractivity contribution < 1.29 is 19.3 Å². The van der Waals surface area contributed by atoms with Crippen molar-refractivity contribution in [1.82, 2.24) is 0 Å². The molecule has 0 unspecified atom stereocenters. The minimum atomic E-state index is -0.581. The second-order valence-electron chi connectivity index (χ2n) is 4.36. The number of nitrogens with zero attached hydrogens (tertiary/aromatic N) is 2. The number of halogens is 1. The van der Waals surface area contributed by atoms with E-state index in [9.17, 15) is 9.50 Å². The number of hydrogen-bond acceptors (Lipinski definition) is 5. The molecule has 0 radical (unpaired) electrons. The second-order valence-corrected chi connectivity index (χ2v) is 4.36. The van der Waals surface area contributed by atoms with Gasteiger partial charge >= 0.3 is 0 Å². The Morgan fingerprint density at radius 3 is 2.59 bits per heavy atom. The fourth-order valence-electron chi connectivity index (χ4n) is 1.70. The van der Waals surface area contributed by atoms with Crippen LogP contribution in [-0.4, -0.2) is 29.2 Å². The van der Waals surface area contributed by atoms with Gasteiger partial charge in [-0.15, -0.1) is 0 Å².